The zero-order valence-electron chi connectivity index (χ0n) is 12.2. The van der Waals surface area contributed by atoms with Gasteiger partial charge in [0, 0.05) is 23.7 Å². The highest BCUT2D eigenvalue weighted by molar-refractivity contribution is 7.80. The summed E-state index contributed by atoms with van der Waals surface area (Å²) >= 11 is 12.5. The number of benzene rings is 2. The third-order valence-corrected chi connectivity index (χ3v) is 4.56. The van der Waals surface area contributed by atoms with Gasteiger partial charge < -0.3 is 10.6 Å². The topological polar surface area (TPSA) is 80.1 Å². The normalized spacial score (nSPS) is 10.5. The first-order valence-corrected chi connectivity index (χ1v) is 8.46. The zero-order chi connectivity index (χ0) is 17.1. The Labute approximate surface area is 151 Å². The van der Waals surface area contributed by atoms with Gasteiger partial charge in [-0.25, -0.2) is 4.98 Å². The molecule has 24 heavy (non-hydrogen) atoms. The number of halogens is 1. The average molecular weight is 379 g/mol. The van der Waals surface area contributed by atoms with Crippen molar-refractivity contribution < 1.29 is 4.92 Å². The summed E-state index contributed by atoms with van der Waals surface area (Å²) in [7, 11) is 0. The highest BCUT2D eigenvalue weighted by Gasteiger charge is 2.11. The smallest absolute Gasteiger partial charge is 0.270 e. The Morgan fingerprint density at radius 3 is 2.92 bits per heavy atom. The van der Waals surface area contributed by atoms with Gasteiger partial charge in [0.1, 0.15) is 0 Å². The van der Waals surface area contributed by atoms with Crippen molar-refractivity contribution in [3.63, 3.8) is 0 Å². The molecule has 1 heterocycles. The summed E-state index contributed by atoms with van der Waals surface area (Å²) < 4.78 is 0.726. The monoisotopic (exact) mass is 378 g/mol. The lowest BCUT2D eigenvalue weighted by Gasteiger charge is -2.08. The molecular formula is C15H11ClN4O2S2. The first kappa shape index (κ1) is 16.6. The first-order chi connectivity index (χ1) is 11.5. The molecule has 0 saturated carbocycles. The van der Waals surface area contributed by atoms with E-state index in [1.165, 1.54) is 23.5 Å². The molecule has 6 nitrogen and oxygen atoms in total. The second-order valence-electron chi connectivity index (χ2n) is 4.87. The quantitative estimate of drug-likeness (QED) is 0.399. The fraction of sp³-hybridized carbons (Fsp3) is 0.0667. The predicted molar refractivity (Wildman–Crippen MR) is 101 cm³/mol. The van der Waals surface area contributed by atoms with E-state index < -0.39 is 4.92 Å². The minimum absolute atomic E-state index is 0.0411. The van der Waals surface area contributed by atoms with Crippen molar-refractivity contribution in [2.75, 3.05) is 5.32 Å². The van der Waals surface area contributed by atoms with Crippen LogP contribution in [0.1, 0.15) is 5.56 Å². The van der Waals surface area contributed by atoms with Gasteiger partial charge in [-0.2, -0.15) is 0 Å². The van der Waals surface area contributed by atoms with Crippen molar-refractivity contribution in [2.24, 2.45) is 0 Å². The minimum atomic E-state index is -0.427. The number of non-ortho nitro benzene ring substituents is 1. The Morgan fingerprint density at radius 1 is 1.33 bits per heavy atom. The van der Waals surface area contributed by atoms with E-state index in [-0.39, 0.29) is 5.69 Å². The van der Waals surface area contributed by atoms with Gasteiger partial charge in [0.15, 0.2) is 10.2 Å². The van der Waals surface area contributed by atoms with E-state index in [0.717, 1.165) is 10.3 Å². The van der Waals surface area contributed by atoms with Gasteiger partial charge >= 0.3 is 0 Å². The molecule has 2 N–H and O–H groups in total. The van der Waals surface area contributed by atoms with Gasteiger partial charge in [-0.3, -0.25) is 10.1 Å². The van der Waals surface area contributed by atoms with E-state index >= 15 is 0 Å². The maximum absolute atomic E-state index is 10.8. The van der Waals surface area contributed by atoms with Gasteiger partial charge in [-0.05, 0) is 36.0 Å². The standard InChI is InChI=1S/C15H11ClN4O2S2/c16-10-3-1-2-9(6-10)8-17-14(23)19-15-18-12-5-4-11(20(21)22)7-13(12)24-15/h1-7H,8H2,(H2,17,18,19,23). The van der Waals surface area contributed by atoms with Crippen LogP contribution >= 0.6 is 35.2 Å². The molecule has 9 heteroatoms. The summed E-state index contributed by atoms with van der Waals surface area (Å²) in [4.78, 5) is 14.7. The molecule has 0 atom stereocenters. The number of thiazole rings is 1. The van der Waals surface area contributed by atoms with Crippen LogP contribution < -0.4 is 10.6 Å². The maximum atomic E-state index is 10.8. The summed E-state index contributed by atoms with van der Waals surface area (Å²) in [6, 6.07) is 12.0. The third-order valence-electron chi connectivity index (χ3n) is 3.15. The molecule has 122 valence electrons. The molecule has 2 aromatic carbocycles. The molecule has 0 spiro atoms. The van der Waals surface area contributed by atoms with Crippen LogP contribution in [-0.4, -0.2) is 15.0 Å². The van der Waals surface area contributed by atoms with E-state index in [9.17, 15) is 10.1 Å². The molecule has 1 aromatic heterocycles. The fourth-order valence-electron chi connectivity index (χ4n) is 2.05. The number of thiocarbonyl (C=S) groups is 1. The van der Waals surface area contributed by atoms with Crippen molar-refractivity contribution in [3.05, 3.63) is 63.2 Å². The van der Waals surface area contributed by atoms with Crippen LogP contribution in [0.25, 0.3) is 10.2 Å². The van der Waals surface area contributed by atoms with Crippen LogP contribution in [0.4, 0.5) is 10.8 Å². The summed E-state index contributed by atoms with van der Waals surface area (Å²) in [6.45, 7) is 0.531. The lowest BCUT2D eigenvalue weighted by atomic mass is 10.2. The predicted octanol–water partition coefficient (Wildman–Crippen LogP) is 4.34. The number of hydrogen-bond acceptors (Lipinski definition) is 5. The van der Waals surface area contributed by atoms with Crippen molar-refractivity contribution in [1.29, 1.82) is 0 Å². The molecule has 0 unspecified atom stereocenters. The molecule has 0 fully saturated rings. The van der Waals surface area contributed by atoms with E-state index in [4.69, 9.17) is 23.8 Å². The van der Waals surface area contributed by atoms with Gasteiger partial charge in [-0.1, -0.05) is 35.1 Å². The van der Waals surface area contributed by atoms with Crippen LogP contribution in [0.2, 0.25) is 5.02 Å². The van der Waals surface area contributed by atoms with Crippen molar-refractivity contribution >= 4 is 61.3 Å². The Kier molecular flexibility index (Phi) is 4.89. The number of nitrogens with one attached hydrogen (secondary N) is 2. The lowest BCUT2D eigenvalue weighted by molar-refractivity contribution is -0.384. The SMILES string of the molecule is O=[N+]([O-])c1ccc2nc(NC(=S)NCc3cccc(Cl)c3)sc2c1. The van der Waals surface area contributed by atoms with E-state index in [0.29, 0.717) is 27.3 Å². The third kappa shape index (κ3) is 3.97. The first-order valence-electron chi connectivity index (χ1n) is 6.85. The van der Waals surface area contributed by atoms with Crippen LogP contribution in [0.3, 0.4) is 0 Å². The van der Waals surface area contributed by atoms with Crippen LogP contribution in [0.15, 0.2) is 42.5 Å². The number of aromatic nitrogens is 1. The molecule has 0 bridgehead atoms. The van der Waals surface area contributed by atoms with Gasteiger partial charge in [0.25, 0.3) is 5.69 Å². The molecule has 0 aliphatic rings. The zero-order valence-corrected chi connectivity index (χ0v) is 14.5. The Balaban J connectivity index is 1.65. The number of fused-ring (bicyclic) bond motifs is 1. The molecule has 0 saturated heterocycles. The number of anilines is 1. The second kappa shape index (κ2) is 7.08. The summed E-state index contributed by atoms with van der Waals surface area (Å²) in [5.74, 6) is 0. The summed E-state index contributed by atoms with van der Waals surface area (Å²) in [5, 5.41) is 18.5. The van der Waals surface area contributed by atoms with Crippen molar-refractivity contribution in [1.82, 2.24) is 10.3 Å². The number of hydrogen-bond donors (Lipinski definition) is 2. The van der Waals surface area contributed by atoms with Crippen LogP contribution in [0.5, 0.6) is 0 Å². The number of nitro groups is 1. The van der Waals surface area contributed by atoms with Crippen molar-refractivity contribution in [2.45, 2.75) is 6.54 Å². The number of nitro benzene ring substituents is 1. The highest BCUT2D eigenvalue weighted by atomic mass is 35.5. The summed E-state index contributed by atoms with van der Waals surface area (Å²) in [6.07, 6.45) is 0. The van der Waals surface area contributed by atoms with Crippen molar-refractivity contribution in [3.8, 4) is 0 Å². The highest BCUT2D eigenvalue weighted by Crippen LogP contribution is 2.29. The van der Waals surface area contributed by atoms with E-state index in [2.05, 4.69) is 15.6 Å². The largest absolute Gasteiger partial charge is 0.358 e. The molecule has 0 aliphatic carbocycles. The van der Waals surface area contributed by atoms with Crippen LogP contribution in [0, 0.1) is 10.1 Å². The second-order valence-corrected chi connectivity index (χ2v) is 6.74. The number of nitrogens with zero attached hydrogens (tertiary/aromatic N) is 2. The lowest BCUT2D eigenvalue weighted by Crippen LogP contribution is -2.27. The number of rotatable bonds is 4. The molecule has 0 amide bonds. The van der Waals surface area contributed by atoms with Crippen LogP contribution in [-0.2, 0) is 6.54 Å². The molecule has 0 radical (unpaired) electrons. The minimum Gasteiger partial charge on any atom is -0.358 e. The van der Waals surface area contributed by atoms with Gasteiger partial charge in [-0.15, -0.1) is 0 Å². The molecule has 3 aromatic rings. The fourth-order valence-corrected chi connectivity index (χ4v) is 3.40. The Bertz CT molecular complexity index is 929. The van der Waals surface area contributed by atoms with Gasteiger partial charge in [0.2, 0.25) is 0 Å². The summed E-state index contributed by atoms with van der Waals surface area (Å²) in [5.41, 5.74) is 1.73. The van der Waals surface area contributed by atoms with Gasteiger partial charge in [0.05, 0.1) is 15.1 Å². The van der Waals surface area contributed by atoms with E-state index in [1.807, 2.05) is 24.3 Å². The Morgan fingerprint density at radius 2 is 2.17 bits per heavy atom. The average Bonchev–Trinajstić information content (AvgIpc) is 2.94. The van der Waals surface area contributed by atoms with E-state index in [1.54, 1.807) is 6.07 Å². The Hall–Kier alpha value is -2.29. The maximum Gasteiger partial charge on any atom is 0.270 e. The molecule has 3 rings (SSSR count). The molecular weight excluding hydrogens is 368 g/mol. The molecule has 0 aliphatic heterocycles.